The lowest BCUT2D eigenvalue weighted by Crippen LogP contribution is -2.25. The first-order valence-electron chi connectivity index (χ1n) is 8.05. The highest BCUT2D eigenvalue weighted by atomic mass is 32.2. The lowest BCUT2D eigenvalue weighted by molar-refractivity contribution is -0.0597. The molecule has 0 aromatic heterocycles. The van der Waals surface area contributed by atoms with E-state index < -0.39 is 27.8 Å². The fourth-order valence-electron chi connectivity index (χ4n) is 2.10. The van der Waals surface area contributed by atoms with Crippen molar-refractivity contribution in [2.45, 2.75) is 26.1 Å². The van der Waals surface area contributed by atoms with E-state index >= 15 is 0 Å². The quantitative estimate of drug-likeness (QED) is 0.489. The molecule has 0 aliphatic carbocycles. The Morgan fingerprint density at radius 1 is 1.04 bits per heavy atom. The zero-order valence-electron chi connectivity index (χ0n) is 14.4. The van der Waals surface area contributed by atoms with Gasteiger partial charge in [0.2, 0.25) is 0 Å². The SMILES string of the molecule is CCCS(=O)(=O)O/N=C(/c1ccc(OCc2ccccc2)cc1)C(F)(F)F. The van der Waals surface area contributed by atoms with Gasteiger partial charge in [-0.15, -0.1) is 0 Å². The van der Waals surface area contributed by atoms with Crippen molar-refractivity contribution < 1.29 is 30.6 Å². The highest BCUT2D eigenvalue weighted by molar-refractivity contribution is 7.86. The average molecular weight is 401 g/mol. The first-order chi connectivity index (χ1) is 12.7. The van der Waals surface area contributed by atoms with E-state index in [-0.39, 0.29) is 18.6 Å². The Kier molecular flexibility index (Phi) is 6.84. The molecule has 0 saturated heterocycles. The van der Waals surface area contributed by atoms with E-state index in [2.05, 4.69) is 9.44 Å². The standard InChI is InChI=1S/C18H18F3NO4S/c1-2-12-27(23,24)26-22-17(18(19,20)21)15-8-10-16(11-9-15)25-13-14-6-4-3-5-7-14/h3-11H,2,12-13H2,1H3/b22-17-. The predicted octanol–water partition coefficient (Wildman–Crippen LogP) is 4.29. The summed E-state index contributed by atoms with van der Waals surface area (Å²) in [6.45, 7) is 1.82. The van der Waals surface area contributed by atoms with E-state index in [0.29, 0.717) is 5.75 Å². The Hall–Kier alpha value is -2.55. The third-order valence-electron chi connectivity index (χ3n) is 3.34. The van der Waals surface area contributed by atoms with Gasteiger partial charge in [0.05, 0.1) is 5.75 Å². The Labute approximate surface area is 155 Å². The van der Waals surface area contributed by atoms with Crippen molar-refractivity contribution in [2.75, 3.05) is 5.75 Å². The summed E-state index contributed by atoms with van der Waals surface area (Å²) in [4.78, 5) is 0. The molecule has 0 N–H and O–H groups in total. The molecule has 0 aliphatic heterocycles. The molecule has 0 aliphatic rings. The maximum Gasteiger partial charge on any atom is 0.437 e. The maximum atomic E-state index is 13.2. The normalized spacial score (nSPS) is 12.7. The number of benzene rings is 2. The smallest absolute Gasteiger partial charge is 0.437 e. The van der Waals surface area contributed by atoms with Gasteiger partial charge in [0.1, 0.15) is 12.4 Å². The van der Waals surface area contributed by atoms with Crippen molar-refractivity contribution in [3.8, 4) is 5.75 Å². The molecule has 9 heteroatoms. The van der Waals surface area contributed by atoms with E-state index in [0.717, 1.165) is 17.7 Å². The van der Waals surface area contributed by atoms with Crippen LogP contribution in [0.1, 0.15) is 24.5 Å². The Bertz CT molecular complexity index is 864. The first kappa shape index (κ1) is 20.8. The predicted molar refractivity (Wildman–Crippen MR) is 95.0 cm³/mol. The van der Waals surface area contributed by atoms with Gasteiger partial charge < -0.3 is 4.74 Å². The molecule has 0 atom stereocenters. The number of rotatable bonds is 8. The molecule has 0 unspecified atom stereocenters. The summed E-state index contributed by atoms with van der Waals surface area (Å²) in [6, 6.07) is 14.2. The van der Waals surface area contributed by atoms with Gasteiger partial charge in [0.15, 0.2) is 5.71 Å². The van der Waals surface area contributed by atoms with Crippen LogP contribution in [0.2, 0.25) is 0 Å². The monoisotopic (exact) mass is 401 g/mol. The number of hydrogen-bond donors (Lipinski definition) is 0. The molecule has 146 valence electrons. The molecule has 0 saturated carbocycles. The van der Waals surface area contributed by atoms with Crippen molar-refractivity contribution in [3.63, 3.8) is 0 Å². The molecule has 0 spiro atoms. The summed E-state index contributed by atoms with van der Waals surface area (Å²) < 4.78 is 72.2. The van der Waals surface area contributed by atoms with E-state index in [9.17, 15) is 21.6 Å². The van der Waals surface area contributed by atoms with E-state index in [1.165, 1.54) is 12.1 Å². The number of ether oxygens (including phenoxy) is 1. The van der Waals surface area contributed by atoms with E-state index in [1.807, 2.05) is 30.3 Å². The fourth-order valence-corrected chi connectivity index (χ4v) is 2.86. The maximum absolute atomic E-state index is 13.2. The zero-order chi connectivity index (χ0) is 19.9. The number of nitrogens with zero attached hydrogens (tertiary/aromatic N) is 1. The first-order valence-corrected chi connectivity index (χ1v) is 9.62. The topological polar surface area (TPSA) is 65.0 Å². The summed E-state index contributed by atoms with van der Waals surface area (Å²) in [5.41, 5.74) is -0.855. The average Bonchev–Trinajstić information content (AvgIpc) is 2.61. The van der Waals surface area contributed by atoms with Crippen molar-refractivity contribution in [1.82, 2.24) is 0 Å². The van der Waals surface area contributed by atoms with Crippen LogP contribution in [0.4, 0.5) is 13.2 Å². The van der Waals surface area contributed by atoms with E-state index in [4.69, 9.17) is 4.74 Å². The lowest BCUT2D eigenvalue weighted by atomic mass is 10.1. The molecule has 2 aromatic carbocycles. The third-order valence-corrected chi connectivity index (χ3v) is 4.55. The van der Waals surface area contributed by atoms with Gasteiger partial charge in [-0.05, 0) is 36.2 Å². The summed E-state index contributed by atoms with van der Waals surface area (Å²) in [7, 11) is -4.15. The second-order valence-corrected chi connectivity index (χ2v) is 7.25. The van der Waals surface area contributed by atoms with Crippen LogP contribution in [0.25, 0.3) is 0 Å². The van der Waals surface area contributed by atoms with Crippen LogP contribution in [0.3, 0.4) is 0 Å². The number of hydrogen-bond acceptors (Lipinski definition) is 5. The molecule has 0 heterocycles. The second kappa shape index (κ2) is 8.90. The Morgan fingerprint density at radius 2 is 1.67 bits per heavy atom. The van der Waals surface area contributed by atoms with Gasteiger partial charge in [0, 0.05) is 5.56 Å². The fraction of sp³-hybridized carbons (Fsp3) is 0.278. The molecular formula is C18H18F3NO4S. The van der Waals surface area contributed by atoms with Crippen LogP contribution in [0.5, 0.6) is 5.75 Å². The highest BCUT2D eigenvalue weighted by Crippen LogP contribution is 2.25. The number of oxime groups is 1. The molecule has 27 heavy (non-hydrogen) atoms. The minimum Gasteiger partial charge on any atom is -0.489 e. The van der Waals surface area contributed by atoms with Crippen LogP contribution < -0.4 is 4.74 Å². The van der Waals surface area contributed by atoms with Crippen molar-refractivity contribution in [3.05, 3.63) is 65.7 Å². The van der Waals surface area contributed by atoms with Crippen molar-refractivity contribution in [2.24, 2.45) is 5.16 Å². The minimum absolute atomic E-state index is 0.201. The van der Waals surface area contributed by atoms with Crippen LogP contribution in [0, 0.1) is 0 Å². The van der Waals surface area contributed by atoms with Crippen LogP contribution in [-0.2, 0) is 21.0 Å². The zero-order valence-corrected chi connectivity index (χ0v) is 15.3. The molecule has 0 amide bonds. The number of alkyl halides is 3. The summed E-state index contributed by atoms with van der Waals surface area (Å²) in [5, 5.41) is 2.84. The molecular weight excluding hydrogens is 383 g/mol. The van der Waals surface area contributed by atoms with Gasteiger partial charge >= 0.3 is 16.3 Å². The third kappa shape index (κ3) is 6.59. The Balaban J connectivity index is 2.14. The molecule has 2 rings (SSSR count). The number of halogens is 3. The molecule has 0 bridgehead atoms. The minimum atomic E-state index is -4.88. The van der Waals surface area contributed by atoms with Gasteiger partial charge in [-0.3, -0.25) is 4.28 Å². The highest BCUT2D eigenvalue weighted by Gasteiger charge is 2.38. The summed E-state index contributed by atoms with van der Waals surface area (Å²) in [6.07, 6.45) is -4.68. The lowest BCUT2D eigenvalue weighted by Gasteiger charge is -2.11. The van der Waals surface area contributed by atoms with Gasteiger partial charge in [-0.25, -0.2) is 0 Å². The largest absolute Gasteiger partial charge is 0.489 e. The van der Waals surface area contributed by atoms with Crippen LogP contribution in [0.15, 0.2) is 59.8 Å². The van der Waals surface area contributed by atoms with Gasteiger partial charge in [-0.2, -0.15) is 21.6 Å². The molecule has 0 fully saturated rings. The van der Waals surface area contributed by atoms with Gasteiger partial charge in [-0.1, -0.05) is 42.4 Å². The van der Waals surface area contributed by atoms with Crippen molar-refractivity contribution >= 4 is 15.8 Å². The van der Waals surface area contributed by atoms with Gasteiger partial charge in [0.25, 0.3) is 0 Å². The summed E-state index contributed by atoms with van der Waals surface area (Å²) >= 11 is 0. The summed E-state index contributed by atoms with van der Waals surface area (Å²) in [5.74, 6) is -0.0582. The molecule has 2 aromatic rings. The van der Waals surface area contributed by atoms with Crippen molar-refractivity contribution in [1.29, 1.82) is 0 Å². The van der Waals surface area contributed by atoms with E-state index in [1.54, 1.807) is 6.92 Å². The van der Waals surface area contributed by atoms with Crippen LogP contribution >= 0.6 is 0 Å². The van der Waals surface area contributed by atoms with Crippen LogP contribution in [-0.4, -0.2) is 26.1 Å². The molecule has 5 nitrogen and oxygen atoms in total. The molecule has 0 radical (unpaired) electrons. The Morgan fingerprint density at radius 3 is 2.22 bits per heavy atom. The second-order valence-electron chi connectivity index (χ2n) is 5.57.